The highest BCUT2D eigenvalue weighted by Crippen LogP contribution is 2.40. The van der Waals surface area contributed by atoms with Crippen LogP contribution in [0.5, 0.6) is 17.2 Å². The van der Waals surface area contributed by atoms with Crippen LogP contribution in [-0.2, 0) is 16.1 Å². The molecule has 10 heteroatoms. The summed E-state index contributed by atoms with van der Waals surface area (Å²) in [5, 5.41) is 0. The molecule has 3 aromatic carbocycles. The largest absolute Gasteiger partial charge is 0.493 e. The monoisotopic (exact) mass is 602 g/mol. The normalized spacial score (nSPS) is 14.6. The average molecular weight is 603 g/mol. The molecule has 0 spiro atoms. The number of carbonyl (C=O) groups is 1. The van der Waals surface area contributed by atoms with Crippen LogP contribution in [0.15, 0.2) is 87.8 Å². The van der Waals surface area contributed by atoms with E-state index in [1.807, 2.05) is 37.3 Å². The van der Waals surface area contributed by atoms with Crippen molar-refractivity contribution < 1.29 is 28.1 Å². The van der Waals surface area contributed by atoms with Crippen LogP contribution in [-0.4, -0.2) is 30.9 Å². The Balaban J connectivity index is 1.55. The third kappa shape index (κ3) is 6.24. The zero-order chi connectivity index (χ0) is 30.5. The molecule has 43 heavy (non-hydrogen) atoms. The number of methoxy groups -OCH3 is 1. The Bertz CT molecular complexity index is 1840. The molecular weight excluding hydrogens is 571 g/mol. The van der Waals surface area contributed by atoms with Gasteiger partial charge >= 0.3 is 5.97 Å². The molecule has 0 amide bonds. The van der Waals surface area contributed by atoms with Crippen LogP contribution in [0.1, 0.15) is 43.5 Å². The quantitative estimate of drug-likeness (QED) is 0.240. The summed E-state index contributed by atoms with van der Waals surface area (Å²) in [5.74, 6) is 0.722. The molecule has 4 aromatic rings. The van der Waals surface area contributed by atoms with E-state index >= 15 is 0 Å². The number of ether oxygens (including phenoxy) is 4. The van der Waals surface area contributed by atoms with Gasteiger partial charge in [0.05, 0.1) is 36.1 Å². The number of halogens is 1. The lowest BCUT2D eigenvalue weighted by Gasteiger charge is -2.26. The molecule has 1 aliphatic heterocycles. The summed E-state index contributed by atoms with van der Waals surface area (Å²) in [5.41, 5.74) is 2.65. The number of carbonyl (C=O) groups excluding carboxylic acids is 1. The first kappa shape index (κ1) is 29.8. The summed E-state index contributed by atoms with van der Waals surface area (Å²) < 4.78 is 37.9. The number of rotatable bonds is 10. The fraction of sp³-hybridized carbons (Fsp3) is 0.242. The van der Waals surface area contributed by atoms with E-state index < -0.39 is 12.0 Å². The summed E-state index contributed by atoms with van der Waals surface area (Å²) in [4.78, 5) is 32.4. The molecule has 5 rings (SSSR count). The van der Waals surface area contributed by atoms with Gasteiger partial charge in [-0.1, -0.05) is 47.7 Å². The second-order valence-corrected chi connectivity index (χ2v) is 10.6. The number of hydrogen-bond donors (Lipinski definition) is 0. The number of aromatic nitrogens is 1. The Morgan fingerprint density at radius 3 is 2.44 bits per heavy atom. The van der Waals surface area contributed by atoms with Crippen LogP contribution in [0.4, 0.5) is 4.39 Å². The predicted molar refractivity (Wildman–Crippen MR) is 162 cm³/mol. The average Bonchev–Trinajstić information content (AvgIpc) is 3.31. The molecule has 0 saturated heterocycles. The SMILES string of the molecule is CCOC(=O)C1=C(C)N=c2s/c(=C\c3ccc(OCc4ccc(F)cc4)cc3)c(=O)n2[C@H]1c1cccc(OC)c1OCC. The molecule has 0 unspecified atom stereocenters. The number of benzene rings is 3. The first-order chi connectivity index (χ1) is 20.8. The van der Waals surface area contributed by atoms with Crippen molar-refractivity contribution in [3.63, 3.8) is 0 Å². The summed E-state index contributed by atoms with van der Waals surface area (Å²) in [6.07, 6.45) is 1.78. The summed E-state index contributed by atoms with van der Waals surface area (Å²) >= 11 is 1.24. The van der Waals surface area contributed by atoms with Crippen LogP contribution in [0, 0.1) is 5.82 Å². The summed E-state index contributed by atoms with van der Waals surface area (Å²) in [6.45, 7) is 6.15. The molecule has 0 fully saturated rings. The Hall–Kier alpha value is -4.70. The van der Waals surface area contributed by atoms with Gasteiger partial charge in [0, 0.05) is 5.56 Å². The van der Waals surface area contributed by atoms with E-state index in [4.69, 9.17) is 18.9 Å². The second-order valence-electron chi connectivity index (χ2n) is 9.60. The van der Waals surface area contributed by atoms with Crippen molar-refractivity contribution in [2.45, 2.75) is 33.4 Å². The van der Waals surface area contributed by atoms with E-state index in [9.17, 15) is 14.0 Å². The Labute approximate surface area is 252 Å². The highest BCUT2D eigenvalue weighted by Gasteiger charge is 2.36. The number of nitrogens with zero attached hydrogens (tertiary/aromatic N) is 2. The number of hydrogen-bond acceptors (Lipinski definition) is 8. The van der Waals surface area contributed by atoms with Gasteiger partial charge < -0.3 is 18.9 Å². The van der Waals surface area contributed by atoms with Gasteiger partial charge in [-0.3, -0.25) is 9.36 Å². The topological polar surface area (TPSA) is 88.4 Å². The Morgan fingerprint density at radius 2 is 1.77 bits per heavy atom. The highest BCUT2D eigenvalue weighted by atomic mass is 32.1. The van der Waals surface area contributed by atoms with Crippen molar-refractivity contribution in [3.8, 4) is 17.2 Å². The standard InChI is InChI=1S/C33H31FN2O6S/c1-5-40-30-25(8-7-9-26(30)39-4)29-28(32(38)41-6-2)20(3)35-33-36(29)31(37)27(43-33)18-21-12-16-24(17-13-21)42-19-22-10-14-23(34)15-11-22/h7-18,29H,5-6,19H2,1-4H3/b27-18-/t29-/m0/s1. The van der Waals surface area contributed by atoms with E-state index in [2.05, 4.69) is 4.99 Å². The minimum Gasteiger partial charge on any atom is -0.493 e. The molecule has 0 saturated carbocycles. The van der Waals surface area contributed by atoms with Crippen LogP contribution >= 0.6 is 11.3 Å². The van der Waals surface area contributed by atoms with E-state index in [1.54, 1.807) is 51.3 Å². The fourth-order valence-electron chi connectivity index (χ4n) is 4.85. The fourth-order valence-corrected chi connectivity index (χ4v) is 5.90. The van der Waals surface area contributed by atoms with E-state index in [1.165, 1.54) is 28.0 Å². The van der Waals surface area contributed by atoms with Crippen LogP contribution < -0.4 is 29.1 Å². The molecule has 0 aliphatic carbocycles. The maximum atomic E-state index is 14.0. The minimum absolute atomic E-state index is 0.173. The van der Waals surface area contributed by atoms with Gasteiger partial charge in [-0.15, -0.1) is 0 Å². The first-order valence-corrected chi connectivity index (χ1v) is 14.6. The molecule has 8 nitrogen and oxygen atoms in total. The third-order valence-electron chi connectivity index (χ3n) is 6.83. The van der Waals surface area contributed by atoms with Crippen molar-refractivity contribution >= 4 is 23.4 Å². The summed E-state index contributed by atoms with van der Waals surface area (Å²) in [7, 11) is 1.54. The zero-order valence-electron chi connectivity index (χ0n) is 24.3. The van der Waals surface area contributed by atoms with Crippen LogP contribution in [0.3, 0.4) is 0 Å². The van der Waals surface area contributed by atoms with Crippen molar-refractivity contribution in [2.75, 3.05) is 20.3 Å². The van der Waals surface area contributed by atoms with Crippen LogP contribution in [0.2, 0.25) is 0 Å². The van der Waals surface area contributed by atoms with Crippen molar-refractivity contribution in [1.29, 1.82) is 0 Å². The smallest absolute Gasteiger partial charge is 0.338 e. The van der Waals surface area contributed by atoms with E-state index in [0.29, 0.717) is 51.1 Å². The molecule has 0 radical (unpaired) electrons. The second kappa shape index (κ2) is 13.1. The lowest BCUT2D eigenvalue weighted by Crippen LogP contribution is -2.40. The lowest BCUT2D eigenvalue weighted by molar-refractivity contribution is -0.139. The zero-order valence-corrected chi connectivity index (χ0v) is 25.1. The van der Waals surface area contributed by atoms with Gasteiger partial charge in [0.25, 0.3) is 5.56 Å². The van der Waals surface area contributed by atoms with Gasteiger partial charge in [0.1, 0.15) is 24.2 Å². The molecule has 2 heterocycles. The number of fused-ring (bicyclic) bond motifs is 1. The Morgan fingerprint density at radius 1 is 1.02 bits per heavy atom. The van der Waals surface area contributed by atoms with Gasteiger partial charge in [-0.2, -0.15) is 0 Å². The number of thiazole rings is 1. The molecule has 222 valence electrons. The molecule has 0 N–H and O–H groups in total. The predicted octanol–water partition coefficient (Wildman–Crippen LogP) is 4.92. The van der Waals surface area contributed by atoms with Crippen molar-refractivity contribution in [3.05, 3.63) is 120 Å². The van der Waals surface area contributed by atoms with Crippen LogP contribution in [0.25, 0.3) is 6.08 Å². The van der Waals surface area contributed by atoms with Gasteiger partial charge in [-0.05, 0) is 68.3 Å². The van der Waals surface area contributed by atoms with Gasteiger partial charge in [0.2, 0.25) is 0 Å². The Kier molecular flexibility index (Phi) is 9.06. The molecule has 0 bridgehead atoms. The molecule has 1 aromatic heterocycles. The maximum Gasteiger partial charge on any atom is 0.338 e. The maximum absolute atomic E-state index is 14.0. The van der Waals surface area contributed by atoms with E-state index in [-0.39, 0.29) is 23.6 Å². The summed E-state index contributed by atoms with van der Waals surface area (Å²) in [6, 6.07) is 18.0. The van der Waals surface area contributed by atoms with Crippen molar-refractivity contribution in [2.24, 2.45) is 4.99 Å². The highest BCUT2D eigenvalue weighted by molar-refractivity contribution is 7.07. The first-order valence-electron chi connectivity index (χ1n) is 13.8. The van der Waals surface area contributed by atoms with Gasteiger partial charge in [0.15, 0.2) is 16.3 Å². The number of para-hydroxylation sites is 1. The van der Waals surface area contributed by atoms with E-state index in [0.717, 1.165) is 11.1 Å². The van der Waals surface area contributed by atoms with Gasteiger partial charge in [-0.25, -0.2) is 14.2 Å². The number of allylic oxidation sites excluding steroid dienone is 1. The third-order valence-corrected chi connectivity index (χ3v) is 7.81. The number of esters is 1. The molecule has 1 aliphatic rings. The minimum atomic E-state index is -0.837. The molecular formula is C33H31FN2O6S. The lowest BCUT2D eigenvalue weighted by atomic mass is 9.94. The van der Waals surface area contributed by atoms with Crippen molar-refractivity contribution in [1.82, 2.24) is 4.57 Å². The molecule has 1 atom stereocenters.